The molecule has 1 aromatic carbocycles. The second-order valence-electron chi connectivity index (χ2n) is 4.19. The van der Waals surface area contributed by atoms with Gasteiger partial charge in [-0.25, -0.2) is 15.2 Å². The highest BCUT2D eigenvalue weighted by Crippen LogP contribution is 2.30. The van der Waals surface area contributed by atoms with Gasteiger partial charge >= 0.3 is 6.18 Å². The molecule has 0 bridgehead atoms. The quantitative estimate of drug-likeness (QED) is 0.461. The Labute approximate surface area is 117 Å². The number of anilines is 3. The highest BCUT2D eigenvalue weighted by molar-refractivity contribution is 5.61. The van der Waals surface area contributed by atoms with Gasteiger partial charge in [0.05, 0.1) is 0 Å². The summed E-state index contributed by atoms with van der Waals surface area (Å²) in [5.74, 6) is 4.12. The summed E-state index contributed by atoms with van der Waals surface area (Å²) in [6.45, 7) is 1.61. The van der Waals surface area contributed by atoms with Crippen molar-refractivity contribution in [2.45, 2.75) is 13.1 Å². The van der Waals surface area contributed by atoms with Crippen LogP contribution < -0.4 is 16.6 Å². The van der Waals surface area contributed by atoms with Crippen molar-refractivity contribution in [2.75, 3.05) is 10.7 Å². The van der Waals surface area contributed by atoms with Crippen molar-refractivity contribution < 1.29 is 17.6 Å². The fraction of sp³-hybridized carbons (Fsp3) is 0.167. The first-order valence-electron chi connectivity index (χ1n) is 5.75. The van der Waals surface area contributed by atoms with Gasteiger partial charge < -0.3 is 5.32 Å². The number of aromatic nitrogens is 2. The molecule has 0 spiro atoms. The molecule has 0 unspecified atom stereocenters. The van der Waals surface area contributed by atoms with Crippen LogP contribution in [-0.2, 0) is 6.18 Å². The number of rotatable bonds is 3. The smallest absolute Gasteiger partial charge is 0.340 e. The van der Waals surface area contributed by atoms with Crippen molar-refractivity contribution >= 4 is 17.5 Å². The molecule has 2 aromatic rings. The van der Waals surface area contributed by atoms with E-state index in [0.717, 1.165) is 6.07 Å². The molecule has 0 radical (unpaired) electrons. The molecule has 5 nitrogen and oxygen atoms in total. The second-order valence-corrected chi connectivity index (χ2v) is 4.19. The highest BCUT2D eigenvalue weighted by atomic mass is 19.4. The van der Waals surface area contributed by atoms with Gasteiger partial charge in [-0.1, -0.05) is 0 Å². The van der Waals surface area contributed by atoms with Crippen LogP contribution in [-0.4, -0.2) is 9.97 Å². The third-order valence-electron chi connectivity index (χ3n) is 2.60. The van der Waals surface area contributed by atoms with Crippen LogP contribution in [0.15, 0.2) is 24.3 Å². The van der Waals surface area contributed by atoms with Crippen molar-refractivity contribution in [3.63, 3.8) is 0 Å². The average Bonchev–Trinajstić information content (AvgIpc) is 2.40. The summed E-state index contributed by atoms with van der Waals surface area (Å²) in [7, 11) is 0. The van der Waals surface area contributed by atoms with Crippen LogP contribution in [0.25, 0.3) is 0 Å². The standard InChI is InChI=1S/C12H11F4N5/c1-6-4-7(13)2-3-8(6)18-10-5-9(12(14,15)16)19-11(20-10)21-17/h2-5H,17H2,1H3,(H2,18,19,20,21). The molecular formula is C12H11F4N5. The van der Waals surface area contributed by atoms with Gasteiger partial charge in [-0.3, -0.25) is 5.43 Å². The summed E-state index contributed by atoms with van der Waals surface area (Å²) < 4.78 is 51.2. The van der Waals surface area contributed by atoms with Crippen LogP contribution in [0.2, 0.25) is 0 Å². The van der Waals surface area contributed by atoms with Crippen LogP contribution in [0.1, 0.15) is 11.3 Å². The molecule has 0 aliphatic carbocycles. The molecule has 112 valence electrons. The number of hydrogen-bond acceptors (Lipinski definition) is 5. The summed E-state index contributed by atoms with van der Waals surface area (Å²) in [6, 6.07) is 4.57. The van der Waals surface area contributed by atoms with Gasteiger partial charge in [0, 0.05) is 11.8 Å². The Morgan fingerprint density at radius 2 is 1.86 bits per heavy atom. The van der Waals surface area contributed by atoms with E-state index in [9.17, 15) is 17.6 Å². The van der Waals surface area contributed by atoms with E-state index in [-0.39, 0.29) is 11.8 Å². The number of alkyl halides is 3. The molecular weight excluding hydrogens is 290 g/mol. The van der Waals surface area contributed by atoms with Gasteiger partial charge in [0.1, 0.15) is 11.6 Å². The number of nitrogens with one attached hydrogen (secondary N) is 2. The lowest BCUT2D eigenvalue weighted by Crippen LogP contribution is -2.16. The van der Waals surface area contributed by atoms with Crippen molar-refractivity contribution in [3.8, 4) is 0 Å². The third kappa shape index (κ3) is 3.57. The zero-order chi connectivity index (χ0) is 15.6. The number of nitrogens with two attached hydrogens (primary N) is 1. The van der Waals surface area contributed by atoms with Crippen LogP contribution in [0.4, 0.5) is 35.0 Å². The molecule has 21 heavy (non-hydrogen) atoms. The van der Waals surface area contributed by atoms with Gasteiger partial charge in [0.25, 0.3) is 0 Å². The summed E-state index contributed by atoms with van der Waals surface area (Å²) in [5, 5.41) is 2.67. The number of halogens is 4. The molecule has 1 heterocycles. The van der Waals surface area contributed by atoms with Crippen LogP contribution in [0.5, 0.6) is 0 Å². The normalized spacial score (nSPS) is 11.3. The lowest BCUT2D eigenvalue weighted by Gasteiger charge is -2.12. The fourth-order valence-electron chi connectivity index (χ4n) is 1.63. The van der Waals surface area contributed by atoms with Crippen LogP contribution >= 0.6 is 0 Å². The van der Waals surface area contributed by atoms with Gasteiger partial charge in [-0.15, -0.1) is 0 Å². The summed E-state index contributed by atoms with van der Waals surface area (Å²) >= 11 is 0. The molecule has 1 aromatic heterocycles. The van der Waals surface area contributed by atoms with Crippen molar-refractivity contribution in [3.05, 3.63) is 41.3 Å². The van der Waals surface area contributed by atoms with Gasteiger partial charge in [0.2, 0.25) is 5.95 Å². The Kier molecular flexibility index (Phi) is 3.94. The van der Waals surface area contributed by atoms with Crippen molar-refractivity contribution in [1.82, 2.24) is 9.97 Å². The molecule has 4 N–H and O–H groups in total. The Morgan fingerprint density at radius 3 is 2.43 bits per heavy atom. The maximum Gasteiger partial charge on any atom is 0.433 e. The molecule has 0 atom stereocenters. The zero-order valence-electron chi connectivity index (χ0n) is 10.8. The predicted molar refractivity (Wildman–Crippen MR) is 69.3 cm³/mol. The average molecular weight is 301 g/mol. The highest BCUT2D eigenvalue weighted by Gasteiger charge is 2.33. The summed E-state index contributed by atoms with van der Waals surface area (Å²) in [6.07, 6.45) is -4.64. The number of hydrazine groups is 1. The first kappa shape index (κ1) is 15.0. The number of benzene rings is 1. The fourth-order valence-corrected chi connectivity index (χ4v) is 1.63. The maximum atomic E-state index is 13.0. The minimum atomic E-state index is -4.64. The topological polar surface area (TPSA) is 75.9 Å². The molecule has 0 saturated carbocycles. The van der Waals surface area contributed by atoms with E-state index >= 15 is 0 Å². The Balaban J connectivity index is 2.39. The zero-order valence-corrected chi connectivity index (χ0v) is 10.8. The van der Waals surface area contributed by atoms with Gasteiger partial charge in [-0.2, -0.15) is 18.2 Å². The van der Waals surface area contributed by atoms with Crippen molar-refractivity contribution in [1.29, 1.82) is 0 Å². The maximum absolute atomic E-state index is 13.0. The minimum absolute atomic E-state index is 0.111. The van der Waals surface area contributed by atoms with E-state index < -0.39 is 17.7 Å². The second kappa shape index (κ2) is 5.52. The molecule has 0 fully saturated rings. The Hall–Kier alpha value is -2.42. The number of nitrogens with zero attached hydrogens (tertiary/aromatic N) is 2. The van der Waals surface area contributed by atoms with Crippen molar-refractivity contribution in [2.24, 2.45) is 5.84 Å². The molecule has 0 aliphatic rings. The first-order valence-corrected chi connectivity index (χ1v) is 5.75. The molecule has 9 heteroatoms. The first-order chi connectivity index (χ1) is 9.79. The monoisotopic (exact) mass is 301 g/mol. The molecule has 0 aliphatic heterocycles. The van der Waals surface area contributed by atoms with Crippen LogP contribution in [0, 0.1) is 12.7 Å². The lowest BCUT2D eigenvalue weighted by molar-refractivity contribution is -0.141. The number of aryl methyl sites for hydroxylation is 1. The Morgan fingerprint density at radius 1 is 1.14 bits per heavy atom. The van der Waals surface area contributed by atoms with Gasteiger partial charge in [0.15, 0.2) is 5.69 Å². The molecule has 0 saturated heterocycles. The lowest BCUT2D eigenvalue weighted by atomic mass is 10.2. The van der Waals surface area contributed by atoms with Crippen LogP contribution in [0.3, 0.4) is 0 Å². The van der Waals surface area contributed by atoms with E-state index in [1.54, 1.807) is 6.92 Å². The van der Waals surface area contributed by atoms with Gasteiger partial charge in [-0.05, 0) is 30.7 Å². The number of nitrogen functional groups attached to an aromatic ring is 1. The van der Waals surface area contributed by atoms with E-state index in [0.29, 0.717) is 11.3 Å². The molecule has 2 rings (SSSR count). The Bertz CT molecular complexity index is 657. The minimum Gasteiger partial charge on any atom is -0.340 e. The molecule has 0 amide bonds. The largest absolute Gasteiger partial charge is 0.433 e. The van der Waals surface area contributed by atoms with E-state index in [2.05, 4.69) is 15.3 Å². The number of hydrogen-bond donors (Lipinski definition) is 3. The summed E-state index contributed by atoms with van der Waals surface area (Å²) in [5.41, 5.74) is 1.76. The van der Waals surface area contributed by atoms with E-state index in [1.807, 2.05) is 5.43 Å². The van der Waals surface area contributed by atoms with E-state index in [4.69, 9.17) is 5.84 Å². The predicted octanol–water partition coefficient (Wildman–Crippen LogP) is 2.97. The SMILES string of the molecule is Cc1cc(F)ccc1Nc1cc(C(F)(F)F)nc(NN)n1. The third-order valence-corrected chi connectivity index (χ3v) is 2.60. The summed E-state index contributed by atoms with van der Waals surface area (Å²) in [4.78, 5) is 7.00. The van der Waals surface area contributed by atoms with E-state index in [1.165, 1.54) is 18.2 Å².